The van der Waals surface area contributed by atoms with Crippen LogP contribution in [0.15, 0.2) is 66.1 Å². The molecule has 3 rings (SSSR count). The van der Waals surface area contributed by atoms with Crippen molar-refractivity contribution in [1.29, 1.82) is 0 Å². The first-order valence-corrected chi connectivity index (χ1v) is 8.44. The molecule has 1 atom stereocenters. The van der Waals surface area contributed by atoms with Crippen LogP contribution in [0.1, 0.15) is 6.92 Å². The van der Waals surface area contributed by atoms with Gasteiger partial charge in [0.2, 0.25) is 11.7 Å². The predicted octanol–water partition coefficient (Wildman–Crippen LogP) is 2.62. The molecule has 7 nitrogen and oxygen atoms in total. The average molecular weight is 384 g/mol. The normalized spacial score (nSPS) is 14.3. The lowest BCUT2D eigenvalue weighted by Gasteiger charge is -2.14. The largest absolute Gasteiger partial charge is 0.470 e. The first-order chi connectivity index (χ1) is 13.5. The third-order valence-electron chi connectivity index (χ3n) is 3.87. The fourth-order valence-electron chi connectivity index (χ4n) is 2.44. The van der Waals surface area contributed by atoms with Gasteiger partial charge in [0.15, 0.2) is 18.3 Å². The van der Waals surface area contributed by atoms with E-state index in [1.165, 1.54) is 25.1 Å². The van der Waals surface area contributed by atoms with E-state index < -0.39 is 29.6 Å². The van der Waals surface area contributed by atoms with Crippen LogP contribution in [-0.4, -0.2) is 30.4 Å². The molecule has 1 aliphatic rings. The lowest BCUT2D eigenvalue weighted by atomic mass is 10.2. The van der Waals surface area contributed by atoms with Gasteiger partial charge < -0.3 is 20.1 Å². The van der Waals surface area contributed by atoms with Gasteiger partial charge in [0, 0.05) is 5.69 Å². The van der Waals surface area contributed by atoms with Gasteiger partial charge in [-0.2, -0.15) is 0 Å². The number of anilines is 2. The molecule has 0 aromatic heterocycles. The van der Waals surface area contributed by atoms with E-state index in [1.807, 2.05) is 6.07 Å². The minimum atomic E-state index is -1.26. The van der Waals surface area contributed by atoms with Crippen LogP contribution in [0.3, 0.4) is 0 Å². The zero-order valence-electron chi connectivity index (χ0n) is 14.9. The summed E-state index contributed by atoms with van der Waals surface area (Å²) < 4.78 is 23.9. The Kier molecular flexibility index (Phi) is 5.69. The Hall–Kier alpha value is -3.68. The maximum Gasteiger partial charge on any atom is 0.348 e. The molecule has 0 radical (unpaired) electrons. The second-order valence-electron chi connectivity index (χ2n) is 5.92. The van der Waals surface area contributed by atoms with E-state index in [0.717, 1.165) is 0 Å². The van der Waals surface area contributed by atoms with Crippen LogP contribution < -0.4 is 10.6 Å². The van der Waals surface area contributed by atoms with Crippen molar-refractivity contribution >= 4 is 29.0 Å². The highest BCUT2D eigenvalue weighted by Gasteiger charge is 2.34. The molecule has 0 saturated heterocycles. The summed E-state index contributed by atoms with van der Waals surface area (Å²) in [6.45, 7) is 1.01. The Morgan fingerprint density at radius 2 is 1.79 bits per heavy atom. The number of hydrogen-bond acceptors (Lipinski definition) is 6. The molecule has 1 heterocycles. The van der Waals surface area contributed by atoms with E-state index in [-0.39, 0.29) is 23.8 Å². The zero-order chi connectivity index (χ0) is 20.1. The molecule has 2 N–H and O–H groups in total. The fraction of sp³-hybridized carbons (Fsp3) is 0.150. The van der Waals surface area contributed by atoms with Crippen molar-refractivity contribution in [3.8, 4) is 0 Å². The number of carbonyl (C=O) groups is 3. The number of ether oxygens (including phenoxy) is 2. The van der Waals surface area contributed by atoms with Gasteiger partial charge >= 0.3 is 5.97 Å². The third kappa shape index (κ3) is 4.35. The molecular formula is C20H17FN2O5. The van der Waals surface area contributed by atoms with E-state index in [9.17, 15) is 18.8 Å². The molecular weight excluding hydrogens is 367 g/mol. The Morgan fingerprint density at radius 3 is 2.50 bits per heavy atom. The summed E-state index contributed by atoms with van der Waals surface area (Å²) in [7, 11) is 0. The first kappa shape index (κ1) is 19.1. The molecule has 0 unspecified atom stereocenters. The lowest BCUT2D eigenvalue weighted by Crippen LogP contribution is -2.31. The number of halogens is 1. The molecule has 0 bridgehead atoms. The van der Waals surface area contributed by atoms with Crippen LogP contribution in [0.2, 0.25) is 0 Å². The minimum Gasteiger partial charge on any atom is -0.470 e. The molecule has 0 saturated carbocycles. The van der Waals surface area contributed by atoms with Crippen molar-refractivity contribution in [2.24, 2.45) is 0 Å². The molecule has 28 heavy (non-hydrogen) atoms. The summed E-state index contributed by atoms with van der Waals surface area (Å²) in [4.78, 5) is 36.6. The van der Waals surface area contributed by atoms with Crippen LogP contribution in [0.4, 0.5) is 15.8 Å². The zero-order valence-corrected chi connectivity index (χ0v) is 14.9. The summed E-state index contributed by atoms with van der Waals surface area (Å²) in [5.41, 5.74) is 0.263. The summed E-state index contributed by atoms with van der Waals surface area (Å²) >= 11 is 0. The van der Waals surface area contributed by atoms with E-state index in [4.69, 9.17) is 9.47 Å². The van der Waals surface area contributed by atoms with Crippen molar-refractivity contribution in [1.82, 2.24) is 0 Å². The van der Waals surface area contributed by atoms with Gasteiger partial charge in [0.25, 0.3) is 5.91 Å². The van der Waals surface area contributed by atoms with Gasteiger partial charge in [-0.15, -0.1) is 0 Å². The number of benzene rings is 2. The maximum atomic E-state index is 13.6. The monoisotopic (exact) mass is 384 g/mol. The molecule has 2 aromatic rings. The summed E-state index contributed by atoms with van der Waals surface area (Å²) in [6.07, 6.45) is -1.26. The third-order valence-corrected chi connectivity index (χ3v) is 3.87. The van der Waals surface area contributed by atoms with E-state index in [0.29, 0.717) is 5.69 Å². The number of para-hydroxylation sites is 2. The van der Waals surface area contributed by atoms with Gasteiger partial charge in [0.1, 0.15) is 5.82 Å². The number of carbonyl (C=O) groups excluding carboxylic acids is 3. The van der Waals surface area contributed by atoms with Crippen molar-refractivity contribution < 1.29 is 28.2 Å². The van der Waals surface area contributed by atoms with Gasteiger partial charge in [-0.3, -0.25) is 9.59 Å². The SMILES string of the molecule is C[C@H](OC(=O)C1=C(Nc2ccccc2)OCC1=O)C(=O)Nc1ccccc1F. The number of esters is 1. The first-order valence-electron chi connectivity index (χ1n) is 8.44. The number of rotatable bonds is 6. The standard InChI is InChI=1S/C20H17FN2O5/c1-12(18(25)23-15-10-6-5-9-14(15)21)28-20(26)17-16(24)11-27-19(17)22-13-7-3-2-4-8-13/h2-10,12,22H,11H2,1H3,(H,23,25)/t12-/m0/s1. The van der Waals surface area contributed by atoms with Gasteiger partial charge in [-0.05, 0) is 31.2 Å². The summed E-state index contributed by atoms with van der Waals surface area (Å²) in [5, 5.41) is 5.17. The van der Waals surface area contributed by atoms with Crippen molar-refractivity contribution in [3.05, 3.63) is 71.9 Å². The Morgan fingerprint density at radius 1 is 1.11 bits per heavy atom. The summed E-state index contributed by atoms with van der Waals surface area (Å²) in [5.74, 6) is -2.96. The molecule has 1 aliphatic heterocycles. The van der Waals surface area contributed by atoms with Crippen molar-refractivity contribution in [3.63, 3.8) is 0 Å². The van der Waals surface area contributed by atoms with Crippen LogP contribution in [0.5, 0.6) is 0 Å². The molecule has 2 aromatic carbocycles. The highest BCUT2D eigenvalue weighted by molar-refractivity contribution is 6.20. The topological polar surface area (TPSA) is 93.7 Å². The molecule has 1 amide bonds. The lowest BCUT2D eigenvalue weighted by molar-refractivity contribution is -0.150. The van der Waals surface area contributed by atoms with Gasteiger partial charge in [-0.25, -0.2) is 9.18 Å². The smallest absolute Gasteiger partial charge is 0.348 e. The predicted molar refractivity (Wildman–Crippen MR) is 98.6 cm³/mol. The number of nitrogens with one attached hydrogen (secondary N) is 2. The van der Waals surface area contributed by atoms with Crippen molar-refractivity contribution in [2.75, 3.05) is 17.2 Å². The number of ketones is 1. The second kappa shape index (κ2) is 8.34. The molecule has 144 valence electrons. The molecule has 8 heteroatoms. The van der Waals surface area contributed by atoms with Crippen LogP contribution in [-0.2, 0) is 23.9 Å². The second-order valence-corrected chi connectivity index (χ2v) is 5.92. The van der Waals surface area contributed by atoms with Crippen LogP contribution >= 0.6 is 0 Å². The Labute approximate surface area is 160 Å². The number of Topliss-reactive ketones (excluding diaryl/α,β-unsaturated/α-hetero) is 1. The van der Waals surface area contributed by atoms with E-state index >= 15 is 0 Å². The maximum absolute atomic E-state index is 13.6. The van der Waals surface area contributed by atoms with Gasteiger partial charge in [-0.1, -0.05) is 30.3 Å². The molecule has 0 fully saturated rings. The van der Waals surface area contributed by atoms with Crippen LogP contribution in [0, 0.1) is 5.82 Å². The van der Waals surface area contributed by atoms with E-state index in [2.05, 4.69) is 10.6 Å². The molecule has 0 spiro atoms. The Bertz CT molecular complexity index is 943. The molecule has 0 aliphatic carbocycles. The van der Waals surface area contributed by atoms with E-state index in [1.54, 1.807) is 30.3 Å². The highest BCUT2D eigenvalue weighted by atomic mass is 19.1. The quantitative estimate of drug-likeness (QED) is 0.587. The fourth-order valence-corrected chi connectivity index (χ4v) is 2.44. The minimum absolute atomic E-state index is 0.0390. The highest BCUT2D eigenvalue weighted by Crippen LogP contribution is 2.21. The average Bonchev–Trinajstić information content (AvgIpc) is 3.04. The Balaban J connectivity index is 1.69. The summed E-state index contributed by atoms with van der Waals surface area (Å²) in [6, 6.07) is 14.4. The number of amides is 1. The van der Waals surface area contributed by atoms with Crippen molar-refractivity contribution in [2.45, 2.75) is 13.0 Å². The number of hydrogen-bond donors (Lipinski definition) is 2. The van der Waals surface area contributed by atoms with Crippen LogP contribution in [0.25, 0.3) is 0 Å². The van der Waals surface area contributed by atoms with Gasteiger partial charge in [0.05, 0.1) is 5.69 Å².